The molecule has 2 rings (SSSR count). The molecule has 0 aromatic heterocycles. The quantitative estimate of drug-likeness (QED) is 0.832. The minimum absolute atomic E-state index is 0.145. The van der Waals surface area contributed by atoms with Crippen LogP contribution in [0.5, 0.6) is 0 Å². The molecule has 2 saturated heterocycles. The van der Waals surface area contributed by atoms with E-state index >= 15 is 0 Å². The van der Waals surface area contributed by atoms with Gasteiger partial charge >= 0.3 is 6.03 Å². The number of hydrogen-bond donors (Lipinski definition) is 1. The largest absolute Gasteiger partial charge is 0.337 e. The van der Waals surface area contributed by atoms with Gasteiger partial charge < -0.3 is 15.1 Å². The monoisotopic (exact) mass is 267 g/mol. The van der Waals surface area contributed by atoms with Crippen molar-refractivity contribution in [2.24, 2.45) is 11.3 Å². The highest BCUT2D eigenvalue weighted by Crippen LogP contribution is 2.29. The first-order chi connectivity index (χ1) is 8.98. The molecule has 2 aliphatic rings. The van der Waals surface area contributed by atoms with Crippen LogP contribution in [0.3, 0.4) is 0 Å². The molecule has 2 fully saturated rings. The molecule has 0 atom stereocenters. The molecule has 2 aliphatic heterocycles. The van der Waals surface area contributed by atoms with E-state index in [2.05, 4.69) is 31.1 Å². The molecule has 0 saturated carbocycles. The number of nitrogens with zero attached hydrogens (tertiary/aromatic N) is 2. The van der Waals surface area contributed by atoms with Crippen molar-refractivity contribution in [2.45, 2.75) is 39.5 Å². The lowest BCUT2D eigenvalue weighted by molar-refractivity contribution is 0.129. The first-order valence-electron chi connectivity index (χ1n) is 7.70. The van der Waals surface area contributed by atoms with E-state index in [4.69, 9.17) is 0 Å². The molecule has 2 heterocycles. The van der Waals surface area contributed by atoms with Crippen LogP contribution in [-0.4, -0.2) is 55.6 Å². The normalized spacial score (nSPS) is 25.3. The molecule has 19 heavy (non-hydrogen) atoms. The summed E-state index contributed by atoms with van der Waals surface area (Å²) in [6, 6.07) is 0.145. The summed E-state index contributed by atoms with van der Waals surface area (Å²) in [7, 11) is 2.17. The Balaban J connectivity index is 1.74. The van der Waals surface area contributed by atoms with Crippen LogP contribution in [0.15, 0.2) is 0 Å². The van der Waals surface area contributed by atoms with Crippen molar-refractivity contribution < 1.29 is 4.79 Å². The Morgan fingerprint density at radius 1 is 1.21 bits per heavy atom. The highest BCUT2D eigenvalue weighted by Gasteiger charge is 2.30. The van der Waals surface area contributed by atoms with Gasteiger partial charge in [0.25, 0.3) is 0 Å². The molecule has 0 bridgehead atoms. The van der Waals surface area contributed by atoms with Crippen LogP contribution in [-0.2, 0) is 0 Å². The Hall–Kier alpha value is -0.770. The van der Waals surface area contributed by atoms with E-state index in [-0.39, 0.29) is 11.4 Å². The second-order valence-electron chi connectivity index (χ2n) is 6.94. The Morgan fingerprint density at radius 3 is 2.37 bits per heavy atom. The second-order valence-corrected chi connectivity index (χ2v) is 6.94. The van der Waals surface area contributed by atoms with Gasteiger partial charge in [-0.3, -0.25) is 0 Å². The molecule has 0 aliphatic carbocycles. The average Bonchev–Trinajstić information content (AvgIpc) is 2.41. The predicted octanol–water partition coefficient (Wildman–Crippen LogP) is 2.16. The molecular formula is C15H29N3O. The first kappa shape index (κ1) is 14.6. The standard InChI is InChI=1S/C15H29N3O/c1-13-4-8-18(9-5-13)14(19)16-12-15(2)6-10-17(3)11-7-15/h13H,4-12H2,1-3H3,(H,16,19). The van der Waals surface area contributed by atoms with Gasteiger partial charge in [-0.2, -0.15) is 0 Å². The van der Waals surface area contributed by atoms with Crippen LogP contribution in [0, 0.1) is 11.3 Å². The summed E-state index contributed by atoms with van der Waals surface area (Å²) in [6.07, 6.45) is 4.66. The number of nitrogens with one attached hydrogen (secondary N) is 1. The third-order valence-electron chi connectivity index (χ3n) is 4.93. The van der Waals surface area contributed by atoms with Crippen LogP contribution in [0.2, 0.25) is 0 Å². The Bertz CT molecular complexity index is 303. The van der Waals surface area contributed by atoms with Crippen molar-refractivity contribution in [1.82, 2.24) is 15.1 Å². The van der Waals surface area contributed by atoms with Gasteiger partial charge in [0.15, 0.2) is 0 Å². The molecule has 4 heteroatoms. The third-order valence-corrected chi connectivity index (χ3v) is 4.93. The van der Waals surface area contributed by atoms with E-state index in [9.17, 15) is 4.79 Å². The minimum Gasteiger partial charge on any atom is -0.337 e. The summed E-state index contributed by atoms with van der Waals surface area (Å²) in [6.45, 7) is 9.54. The maximum atomic E-state index is 12.2. The summed E-state index contributed by atoms with van der Waals surface area (Å²) < 4.78 is 0. The lowest BCUT2D eigenvalue weighted by Crippen LogP contribution is -2.49. The van der Waals surface area contributed by atoms with Crippen molar-refractivity contribution in [1.29, 1.82) is 0 Å². The molecule has 0 radical (unpaired) electrons. The van der Waals surface area contributed by atoms with E-state index in [1.165, 1.54) is 12.8 Å². The topological polar surface area (TPSA) is 35.6 Å². The van der Waals surface area contributed by atoms with Crippen molar-refractivity contribution >= 4 is 6.03 Å². The third kappa shape index (κ3) is 4.10. The fourth-order valence-electron chi connectivity index (χ4n) is 2.95. The lowest BCUT2D eigenvalue weighted by Gasteiger charge is -2.39. The molecular weight excluding hydrogens is 238 g/mol. The fourth-order valence-corrected chi connectivity index (χ4v) is 2.95. The zero-order valence-electron chi connectivity index (χ0n) is 12.7. The number of amides is 2. The van der Waals surface area contributed by atoms with Gasteiger partial charge in [0.2, 0.25) is 0 Å². The Labute approximate surface area is 117 Å². The number of urea groups is 1. The Kier molecular flexibility index (Phi) is 4.71. The zero-order valence-corrected chi connectivity index (χ0v) is 12.7. The molecule has 4 nitrogen and oxygen atoms in total. The molecule has 1 N–H and O–H groups in total. The van der Waals surface area contributed by atoms with Crippen LogP contribution >= 0.6 is 0 Å². The summed E-state index contributed by atoms with van der Waals surface area (Å²) in [4.78, 5) is 16.5. The number of piperidine rings is 2. The summed E-state index contributed by atoms with van der Waals surface area (Å²) in [5.41, 5.74) is 0.283. The number of likely N-dealkylation sites (tertiary alicyclic amines) is 2. The lowest BCUT2D eigenvalue weighted by atomic mass is 9.80. The van der Waals surface area contributed by atoms with Gasteiger partial charge in [0.05, 0.1) is 0 Å². The summed E-state index contributed by atoms with van der Waals surface area (Å²) >= 11 is 0. The molecule has 0 unspecified atom stereocenters. The SMILES string of the molecule is CC1CCN(C(=O)NCC2(C)CCN(C)CC2)CC1. The van der Waals surface area contributed by atoms with Gasteiger partial charge in [0, 0.05) is 19.6 Å². The van der Waals surface area contributed by atoms with Crippen LogP contribution in [0.1, 0.15) is 39.5 Å². The fraction of sp³-hybridized carbons (Fsp3) is 0.933. The molecule has 0 aromatic rings. The number of rotatable bonds is 2. The average molecular weight is 267 g/mol. The molecule has 2 amide bonds. The van der Waals surface area contributed by atoms with E-state index in [0.29, 0.717) is 0 Å². The number of hydrogen-bond acceptors (Lipinski definition) is 2. The number of carbonyl (C=O) groups is 1. The van der Waals surface area contributed by atoms with Gasteiger partial charge in [0.1, 0.15) is 0 Å². The van der Waals surface area contributed by atoms with E-state index in [1.54, 1.807) is 0 Å². The van der Waals surface area contributed by atoms with Crippen molar-refractivity contribution in [3.8, 4) is 0 Å². The van der Waals surface area contributed by atoms with Crippen LogP contribution < -0.4 is 5.32 Å². The van der Waals surface area contributed by atoms with Gasteiger partial charge in [-0.1, -0.05) is 13.8 Å². The summed E-state index contributed by atoms with van der Waals surface area (Å²) in [5, 5.41) is 3.16. The van der Waals surface area contributed by atoms with E-state index in [1.807, 2.05) is 4.90 Å². The number of carbonyl (C=O) groups excluding carboxylic acids is 1. The smallest absolute Gasteiger partial charge is 0.317 e. The van der Waals surface area contributed by atoms with Gasteiger partial charge in [-0.25, -0.2) is 4.79 Å². The zero-order chi connectivity index (χ0) is 13.9. The van der Waals surface area contributed by atoms with Crippen LogP contribution in [0.25, 0.3) is 0 Å². The van der Waals surface area contributed by atoms with E-state index < -0.39 is 0 Å². The van der Waals surface area contributed by atoms with Crippen LogP contribution in [0.4, 0.5) is 4.79 Å². The molecule has 110 valence electrons. The summed E-state index contributed by atoms with van der Waals surface area (Å²) in [5.74, 6) is 0.774. The predicted molar refractivity (Wildman–Crippen MR) is 78.2 cm³/mol. The maximum Gasteiger partial charge on any atom is 0.317 e. The van der Waals surface area contributed by atoms with Gasteiger partial charge in [-0.15, -0.1) is 0 Å². The highest BCUT2D eigenvalue weighted by molar-refractivity contribution is 5.74. The van der Waals surface area contributed by atoms with Crippen molar-refractivity contribution in [3.63, 3.8) is 0 Å². The van der Waals surface area contributed by atoms with E-state index in [0.717, 1.165) is 51.5 Å². The maximum absolute atomic E-state index is 12.2. The highest BCUT2D eigenvalue weighted by atomic mass is 16.2. The molecule has 0 aromatic carbocycles. The van der Waals surface area contributed by atoms with Gasteiger partial charge in [-0.05, 0) is 57.2 Å². The first-order valence-corrected chi connectivity index (χ1v) is 7.70. The van der Waals surface area contributed by atoms with Crippen molar-refractivity contribution in [3.05, 3.63) is 0 Å². The minimum atomic E-state index is 0.145. The van der Waals surface area contributed by atoms with Crippen molar-refractivity contribution in [2.75, 3.05) is 39.8 Å². The Morgan fingerprint density at radius 2 is 1.79 bits per heavy atom. The molecule has 0 spiro atoms. The second kappa shape index (κ2) is 6.12.